The van der Waals surface area contributed by atoms with Crippen molar-refractivity contribution in [2.24, 2.45) is 0 Å². The van der Waals surface area contributed by atoms with Crippen LogP contribution in [0.1, 0.15) is 40.9 Å². The number of amides is 1. The van der Waals surface area contributed by atoms with Crippen LogP contribution in [0, 0.1) is 0 Å². The lowest BCUT2D eigenvalue weighted by Crippen LogP contribution is -2.43. The number of ether oxygens (including phenoxy) is 3. The Balaban J connectivity index is 1.22. The Morgan fingerprint density at radius 1 is 1.26 bits per heavy atom. The average molecular weight is 433 g/mol. The van der Waals surface area contributed by atoms with Crippen LogP contribution in [0.4, 0.5) is 8.78 Å². The number of benzene rings is 1. The van der Waals surface area contributed by atoms with Gasteiger partial charge in [-0.3, -0.25) is 4.79 Å². The summed E-state index contributed by atoms with van der Waals surface area (Å²) in [4.78, 5) is 12.8. The van der Waals surface area contributed by atoms with Crippen LogP contribution >= 0.6 is 0 Å². The predicted octanol–water partition coefficient (Wildman–Crippen LogP) is 2.75. The highest BCUT2D eigenvalue weighted by atomic mass is 19.3. The van der Waals surface area contributed by atoms with Crippen LogP contribution in [-0.2, 0) is 24.1 Å². The van der Waals surface area contributed by atoms with E-state index in [1.165, 1.54) is 0 Å². The van der Waals surface area contributed by atoms with Crippen molar-refractivity contribution in [3.8, 4) is 11.6 Å². The number of nitrogens with one attached hydrogen (secondary N) is 1. The smallest absolute Gasteiger partial charge is 0.272 e. The number of hydrogen-bond donors (Lipinski definition) is 1. The summed E-state index contributed by atoms with van der Waals surface area (Å²) in [6.45, 7) is 1.77. The van der Waals surface area contributed by atoms with Crippen molar-refractivity contribution in [3.63, 3.8) is 0 Å². The second-order valence-electron chi connectivity index (χ2n) is 8.31. The Labute approximate surface area is 178 Å². The van der Waals surface area contributed by atoms with Crippen LogP contribution < -0.4 is 14.8 Å². The number of aromatic nitrogens is 2. The fourth-order valence-corrected chi connectivity index (χ4v) is 4.49. The van der Waals surface area contributed by atoms with Gasteiger partial charge in [0.2, 0.25) is 12.3 Å². The van der Waals surface area contributed by atoms with E-state index in [0.717, 1.165) is 31.4 Å². The fourth-order valence-electron chi connectivity index (χ4n) is 4.49. The number of nitrogens with zero attached hydrogens (tertiary/aromatic N) is 2. The molecule has 2 aromatic rings. The highest BCUT2D eigenvalue weighted by molar-refractivity contribution is 5.92. The van der Waals surface area contributed by atoms with E-state index in [9.17, 15) is 13.6 Å². The first-order chi connectivity index (χ1) is 15.0. The van der Waals surface area contributed by atoms with Gasteiger partial charge in [0.1, 0.15) is 18.5 Å². The monoisotopic (exact) mass is 433 g/mol. The Morgan fingerprint density at radius 3 is 2.97 bits per heavy atom. The van der Waals surface area contributed by atoms with Crippen molar-refractivity contribution in [1.29, 1.82) is 0 Å². The first-order valence-electron chi connectivity index (χ1n) is 10.7. The minimum Gasteiger partial charge on any atom is -0.491 e. The van der Waals surface area contributed by atoms with Crippen LogP contribution in [0.3, 0.4) is 0 Å². The van der Waals surface area contributed by atoms with Gasteiger partial charge in [0.25, 0.3) is 5.91 Å². The summed E-state index contributed by atoms with van der Waals surface area (Å²) in [5, 5.41) is 7.33. The van der Waals surface area contributed by atoms with Crippen molar-refractivity contribution >= 4 is 5.91 Å². The molecular weight excluding hydrogens is 408 g/mol. The van der Waals surface area contributed by atoms with Crippen LogP contribution in [0.25, 0.3) is 0 Å². The quantitative estimate of drug-likeness (QED) is 0.785. The molecule has 1 N–H and O–H groups in total. The van der Waals surface area contributed by atoms with Gasteiger partial charge in [0.05, 0.1) is 12.1 Å². The molecular formula is C22H25F2N3O4. The van der Waals surface area contributed by atoms with Gasteiger partial charge in [-0.15, -0.1) is 0 Å². The molecule has 1 aromatic carbocycles. The van der Waals surface area contributed by atoms with Crippen molar-refractivity contribution in [2.75, 3.05) is 13.2 Å². The first kappa shape index (κ1) is 20.2. The van der Waals surface area contributed by atoms with Gasteiger partial charge in [-0.05, 0) is 36.5 Å². The third-order valence-electron chi connectivity index (χ3n) is 6.01. The van der Waals surface area contributed by atoms with Crippen molar-refractivity contribution in [3.05, 3.63) is 41.1 Å². The maximum absolute atomic E-state index is 12.8. The molecule has 0 spiro atoms. The lowest BCUT2D eigenvalue weighted by molar-refractivity contribution is -0.00966. The zero-order valence-corrected chi connectivity index (χ0v) is 17.1. The van der Waals surface area contributed by atoms with E-state index < -0.39 is 6.43 Å². The van der Waals surface area contributed by atoms with Gasteiger partial charge >= 0.3 is 0 Å². The van der Waals surface area contributed by atoms with Gasteiger partial charge in [0.15, 0.2) is 5.69 Å². The summed E-state index contributed by atoms with van der Waals surface area (Å²) in [6.07, 6.45) is 0.771. The molecule has 3 unspecified atom stereocenters. The number of fused-ring (bicyclic) bond motifs is 2. The fraction of sp³-hybridized carbons (Fsp3) is 0.545. The Kier molecular flexibility index (Phi) is 5.52. The van der Waals surface area contributed by atoms with Gasteiger partial charge in [-0.25, -0.2) is 13.5 Å². The molecule has 0 aliphatic carbocycles. The van der Waals surface area contributed by atoms with Crippen LogP contribution in [-0.4, -0.2) is 53.6 Å². The largest absolute Gasteiger partial charge is 0.491 e. The lowest BCUT2D eigenvalue weighted by atomic mass is 9.99. The Morgan fingerprint density at radius 2 is 2.16 bits per heavy atom. The summed E-state index contributed by atoms with van der Waals surface area (Å²) in [6, 6.07) is 6.50. The number of alkyl halides is 2. The van der Waals surface area contributed by atoms with Gasteiger partial charge in [0, 0.05) is 32.1 Å². The number of carbonyl (C=O) groups excluding carboxylic acids is 1. The van der Waals surface area contributed by atoms with E-state index in [-0.39, 0.29) is 30.6 Å². The minimum absolute atomic E-state index is 0.00621. The summed E-state index contributed by atoms with van der Waals surface area (Å²) in [5.41, 5.74) is 1.67. The second-order valence-corrected chi connectivity index (χ2v) is 8.31. The molecule has 9 heteroatoms. The standard InChI is InChI=1S/C22H25F2N3O4/c23-20(24)9-13-3-4-17-14(8-13)10-15(12-30-17)25-22(28)16-11-21-27(26-16)6-5-19(31-21)18-2-1-7-29-18/h3-4,8,11,15,18-20H,1-2,5-7,9-10,12H2,(H,25,28). The Hall–Kier alpha value is -2.68. The van der Waals surface area contributed by atoms with Gasteiger partial charge < -0.3 is 19.5 Å². The number of halogens is 2. The third kappa shape index (κ3) is 4.37. The summed E-state index contributed by atoms with van der Waals surface area (Å²) >= 11 is 0. The van der Waals surface area contributed by atoms with E-state index in [1.807, 2.05) is 0 Å². The van der Waals surface area contributed by atoms with Crippen LogP contribution in [0.5, 0.6) is 11.6 Å². The highest BCUT2D eigenvalue weighted by Crippen LogP contribution is 2.29. The molecule has 4 heterocycles. The molecule has 5 rings (SSSR count). The van der Waals surface area contributed by atoms with E-state index in [1.54, 1.807) is 28.9 Å². The zero-order chi connectivity index (χ0) is 21.4. The van der Waals surface area contributed by atoms with E-state index in [0.29, 0.717) is 42.5 Å². The molecule has 3 aliphatic heterocycles. The molecule has 31 heavy (non-hydrogen) atoms. The molecule has 1 aromatic heterocycles. The topological polar surface area (TPSA) is 74.6 Å². The number of aryl methyl sites for hydroxylation is 1. The SMILES string of the molecule is O=C(NC1COc2ccc(CC(F)F)cc2C1)c1cc2n(n1)CCC(C1CCCO1)O2. The third-order valence-corrected chi connectivity index (χ3v) is 6.01. The van der Waals surface area contributed by atoms with Gasteiger partial charge in [-0.1, -0.05) is 12.1 Å². The molecule has 1 fully saturated rings. The van der Waals surface area contributed by atoms with Crippen LogP contribution in [0.2, 0.25) is 0 Å². The normalized spacial score (nSPS) is 24.8. The highest BCUT2D eigenvalue weighted by Gasteiger charge is 2.32. The molecule has 1 saturated heterocycles. The first-order valence-corrected chi connectivity index (χ1v) is 10.7. The average Bonchev–Trinajstić information content (AvgIpc) is 3.42. The van der Waals surface area contributed by atoms with Crippen LogP contribution in [0.15, 0.2) is 24.3 Å². The van der Waals surface area contributed by atoms with Crippen molar-refractivity contribution in [2.45, 2.75) is 63.3 Å². The van der Waals surface area contributed by atoms with E-state index >= 15 is 0 Å². The lowest BCUT2D eigenvalue weighted by Gasteiger charge is -2.28. The Bertz CT molecular complexity index is 958. The molecule has 1 amide bonds. The molecule has 0 bridgehead atoms. The summed E-state index contributed by atoms with van der Waals surface area (Å²) in [5.74, 6) is 0.952. The molecule has 3 aliphatic rings. The number of rotatable bonds is 5. The molecule has 0 radical (unpaired) electrons. The van der Waals surface area contributed by atoms with E-state index in [4.69, 9.17) is 14.2 Å². The molecule has 0 saturated carbocycles. The maximum Gasteiger partial charge on any atom is 0.272 e. The summed E-state index contributed by atoms with van der Waals surface area (Å²) in [7, 11) is 0. The van der Waals surface area contributed by atoms with Crippen molar-refractivity contribution < 1.29 is 27.8 Å². The molecule has 3 atom stereocenters. The molecule has 7 nitrogen and oxygen atoms in total. The maximum atomic E-state index is 12.8. The van der Waals surface area contributed by atoms with Crippen molar-refractivity contribution in [1.82, 2.24) is 15.1 Å². The number of hydrogen-bond acceptors (Lipinski definition) is 5. The van der Waals surface area contributed by atoms with Gasteiger partial charge in [-0.2, -0.15) is 5.10 Å². The van der Waals surface area contributed by atoms with E-state index in [2.05, 4.69) is 10.4 Å². The number of carbonyl (C=O) groups is 1. The summed E-state index contributed by atoms with van der Waals surface area (Å²) < 4.78 is 44.6. The minimum atomic E-state index is -2.40. The predicted molar refractivity (Wildman–Crippen MR) is 107 cm³/mol. The second kappa shape index (κ2) is 8.45. The molecule has 166 valence electrons. The zero-order valence-electron chi connectivity index (χ0n) is 17.1.